The molecule has 338 valence electrons. The maximum atomic E-state index is 12.7. The molecule has 1 unspecified atom stereocenters. The highest BCUT2D eigenvalue weighted by Crippen LogP contribution is 2.18. The molecule has 0 amide bonds. The van der Waals surface area contributed by atoms with Gasteiger partial charge in [0.15, 0.2) is 6.10 Å². The van der Waals surface area contributed by atoms with Crippen LogP contribution in [0.25, 0.3) is 0 Å². The minimum Gasteiger partial charge on any atom is -0.462 e. The summed E-state index contributed by atoms with van der Waals surface area (Å²) < 4.78 is 16.7. The Kier molecular flexibility index (Phi) is 44.2. The summed E-state index contributed by atoms with van der Waals surface area (Å²) in [7, 11) is 0. The van der Waals surface area contributed by atoms with Crippen molar-refractivity contribution in [3.05, 3.63) is 0 Å². The second-order valence-corrected chi connectivity index (χ2v) is 17.7. The first kappa shape index (κ1) is 55.4. The summed E-state index contributed by atoms with van der Waals surface area (Å²) in [4.78, 5) is 37.6. The summed E-state index contributed by atoms with van der Waals surface area (Å²) in [6, 6.07) is 0. The van der Waals surface area contributed by atoms with Gasteiger partial charge in [0.25, 0.3) is 0 Å². The lowest BCUT2D eigenvalue weighted by Gasteiger charge is -2.18. The van der Waals surface area contributed by atoms with E-state index < -0.39 is 6.10 Å². The Morgan fingerprint density at radius 2 is 0.614 bits per heavy atom. The summed E-state index contributed by atoms with van der Waals surface area (Å²) >= 11 is 0. The number of esters is 3. The van der Waals surface area contributed by atoms with E-state index in [9.17, 15) is 14.4 Å². The zero-order chi connectivity index (χ0) is 41.7. The third-order valence-electron chi connectivity index (χ3n) is 11.9. The van der Waals surface area contributed by atoms with Crippen molar-refractivity contribution in [2.75, 3.05) is 13.2 Å². The Morgan fingerprint density at radius 3 is 0.912 bits per heavy atom. The molecule has 0 aromatic carbocycles. The summed E-state index contributed by atoms with van der Waals surface area (Å²) in [6.07, 6.45) is 46.8. The molecule has 2 atom stereocenters. The lowest BCUT2D eigenvalue weighted by atomic mass is 9.99. The topological polar surface area (TPSA) is 78.9 Å². The Morgan fingerprint density at radius 1 is 0.351 bits per heavy atom. The average molecular weight is 807 g/mol. The molecular formula is C51H98O6. The number of hydrogen-bond acceptors (Lipinski definition) is 6. The molecule has 6 nitrogen and oxygen atoms in total. The van der Waals surface area contributed by atoms with Gasteiger partial charge in [-0.2, -0.15) is 0 Å². The van der Waals surface area contributed by atoms with Gasteiger partial charge in [-0.1, -0.05) is 246 Å². The van der Waals surface area contributed by atoms with Gasteiger partial charge in [-0.05, 0) is 25.2 Å². The lowest BCUT2D eigenvalue weighted by Crippen LogP contribution is -2.30. The monoisotopic (exact) mass is 807 g/mol. The zero-order valence-corrected chi connectivity index (χ0v) is 38.8. The van der Waals surface area contributed by atoms with Crippen LogP contribution in [0.15, 0.2) is 0 Å². The molecule has 0 rings (SSSR count). The quantitative estimate of drug-likeness (QED) is 0.0346. The Bertz CT molecular complexity index is 859. The van der Waals surface area contributed by atoms with Crippen LogP contribution in [0.5, 0.6) is 0 Å². The normalized spacial score (nSPS) is 12.4. The van der Waals surface area contributed by atoms with Gasteiger partial charge >= 0.3 is 17.9 Å². The van der Waals surface area contributed by atoms with Crippen LogP contribution >= 0.6 is 0 Å². The molecule has 57 heavy (non-hydrogen) atoms. The second-order valence-electron chi connectivity index (χ2n) is 17.7. The molecule has 6 heteroatoms. The van der Waals surface area contributed by atoms with Crippen LogP contribution in [-0.2, 0) is 28.6 Å². The third-order valence-corrected chi connectivity index (χ3v) is 11.9. The number of hydrogen-bond donors (Lipinski definition) is 0. The van der Waals surface area contributed by atoms with Gasteiger partial charge in [0, 0.05) is 19.3 Å². The average Bonchev–Trinajstić information content (AvgIpc) is 3.21. The van der Waals surface area contributed by atoms with E-state index in [4.69, 9.17) is 14.2 Å². The predicted octanol–water partition coefficient (Wildman–Crippen LogP) is 16.3. The van der Waals surface area contributed by atoms with E-state index in [0.29, 0.717) is 19.3 Å². The van der Waals surface area contributed by atoms with Crippen LogP contribution in [0.1, 0.15) is 285 Å². The fraction of sp³-hybridized carbons (Fsp3) is 0.941. The molecule has 0 saturated heterocycles. The minimum absolute atomic E-state index is 0.0634. The maximum absolute atomic E-state index is 12.7. The van der Waals surface area contributed by atoms with Crippen molar-refractivity contribution in [1.29, 1.82) is 0 Å². The third kappa shape index (κ3) is 43.8. The van der Waals surface area contributed by atoms with E-state index in [1.807, 2.05) is 0 Å². The molecule has 0 aliphatic carbocycles. The van der Waals surface area contributed by atoms with Crippen molar-refractivity contribution in [2.24, 2.45) is 5.92 Å². The van der Waals surface area contributed by atoms with E-state index in [-0.39, 0.29) is 31.1 Å². The number of carbonyl (C=O) groups excluding carboxylic acids is 3. The smallest absolute Gasteiger partial charge is 0.306 e. The Hall–Kier alpha value is -1.59. The van der Waals surface area contributed by atoms with Gasteiger partial charge in [0.05, 0.1) is 0 Å². The molecule has 0 aliphatic heterocycles. The standard InChI is InChI=1S/C51H98O6/c1-5-8-10-12-14-15-27-32-36-40-44-51(54)57-48(45-55-49(52)42-38-34-29-13-11-9-6-2)46-56-50(53)43-39-35-31-28-25-23-21-19-17-16-18-20-22-24-26-30-33-37-41-47(4)7-3/h47-48H,5-46H2,1-4H3/t47?,48-/m0/s1. The largest absolute Gasteiger partial charge is 0.462 e. The molecule has 0 aromatic rings. The highest BCUT2D eigenvalue weighted by Gasteiger charge is 2.19. The zero-order valence-electron chi connectivity index (χ0n) is 38.8. The highest BCUT2D eigenvalue weighted by atomic mass is 16.6. The van der Waals surface area contributed by atoms with E-state index >= 15 is 0 Å². The van der Waals surface area contributed by atoms with E-state index in [1.54, 1.807) is 0 Å². The molecule has 0 aliphatic rings. The summed E-state index contributed by atoms with van der Waals surface area (Å²) in [6.45, 7) is 9.02. The van der Waals surface area contributed by atoms with Crippen molar-refractivity contribution < 1.29 is 28.6 Å². The molecule has 0 fully saturated rings. The molecule has 0 saturated carbocycles. The second kappa shape index (κ2) is 45.5. The minimum atomic E-state index is -0.758. The first-order valence-corrected chi connectivity index (χ1v) is 25.4. The van der Waals surface area contributed by atoms with Gasteiger partial charge in [-0.15, -0.1) is 0 Å². The number of ether oxygens (including phenoxy) is 3. The fourth-order valence-electron chi connectivity index (χ4n) is 7.66. The van der Waals surface area contributed by atoms with Gasteiger partial charge in [-0.25, -0.2) is 0 Å². The first-order chi connectivity index (χ1) is 27.9. The van der Waals surface area contributed by atoms with Gasteiger partial charge in [0.2, 0.25) is 0 Å². The van der Waals surface area contributed by atoms with Gasteiger partial charge in [0.1, 0.15) is 13.2 Å². The van der Waals surface area contributed by atoms with Crippen molar-refractivity contribution in [3.63, 3.8) is 0 Å². The SMILES string of the molecule is CCCCCCCCCCCCC(=O)O[C@@H](COC(=O)CCCCCCCCC)COC(=O)CCCCCCCCCCCCCCCCCCCCC(C)CC. The first-order valence-electron chi connectivity index (χ1n) is 25.4. The summed E-state index contributed by atoms with van der Waals surface area (Å²) in [5.74, 6) is 0.0542. The number of rotatable bonds is 46. The molecule has 0 spiro atoms. The van der Waals surface area contributed by atoms with Crippen molar-refractivity contribution in [3.8, 4) is 0 Å². The lowest BCUT2D eigenvalue weighted by molar-refractivity contribution is -0.167. The van der Waals surface area contributed by atoms with Gasteiger partial charge in [-0.3, -0.25) is 14.4 Å². The van der Waals surface area contributed by atoms with Crippen LogP contribution < -0.4 is 0 Å². The van der Waals surface area contributed by atoms with Gasteiger partial charge < -0.3 is 14.2 Å². The predicted molar refractivity (Wildman–Crippen MR) is 243 cm³/mol. The number of unbranched alkanes of at least 4 members (excludes halogenated alkanes) is 32. The molecule has 0 radical (unpaired) electrons. The molecule has 0 N–H and O–H groups in total. The van der Waals surface area contributed by atoms with Crippen LogP contribution in [0.3, 0.4) is 0 Å². The number of carbonyl (C=O) groups is 3. The Labute approximate surface area is 355 Å². The Balaban J connectivity index is 4.08. The maximum Gasteiger partial charge on any atom is 0.306 e. The molecule has 0 aromatic heterocycles. The van der Waals surface area contributed by atoms with E-state index in [2.05, 4.69) is 27.7 Å². The molecular weight excluding hydrogens is 709 g/mol. The fourth-order valence-corrected chi connectivity index (χ4v) is 7.66. The van der Waals surface area contributed by atoms with Crippen molar-refractivity contribution in [1.82, 2.24) is 0 Å². The van der Waals surface area contributed by atoms with Crippen LogP contribution in [-0.4, -0.2) is 37.2 Å². The van der Waals surface area contributed by atoms with Crippen LogP contribution in [0.4, 0.5) is 0 Å². The summed E-state index contributed by atoms with van der Waals surface area (Å²) in [5.41, 5.74) is 0. The van der Waals surface area contributed by atoms with Crippen LogP contribution in [0.2, 0.25) is 0 Å². The highest BCUT2D eigenvalue weighted by molar-refractivity contribution is 5.71. The van der Waals surface area contributed by atoms with Crippen molar-refractivity contribution >= 4 is 17.9 Å². The van der Waals surface area contributed by atoms with E-state index in [1.165, 1.54) is 180 Å². The van der Waals surface area contributed by atoms with Crippen molar-refractivity contribution in [2.45, 2.75) is 291 Å². The van der Waals surface area contributed by atoms with E-state index in [0.717, 1.165) is 63.7 Å². The summed E-state index contributed by atoms with van der Waals surface area (Å²) in [5, 5.41) is 0. The molecule has 0 heterocycles. The van der Waals surface area contributed by atoms with Crippen LogP contribution in [0, 0.1) is 5.92 Å². The molecule has 0 bridgehead atoms.